The molecule has 1 aromatic carbocycles. The van der Waals surface area contributed by atoms with E-state index < -0.39 is 30.4 Å². The van der Waals surface area contributed by atoms with Crippen molar-refractivity contribution in [3.63, 3.8) is 0 Å². The van der Waals surface area contributed by atoms with Crippen LogP contribution in [0.4, 0.5) is 26.3 Å². The molecule has 0 bridgehead atoms. The molecule has 0 radical (unpaired) electrons. The molecule has 0 aliphatic rings. The lowest BCUT2D eigenvalue weighted by Gasteiger charge is -2.25. The number of hydrogen-bond acceptors (Lipinski definition) is 4. The van der Waals surface area contributed by atoms with Crippen LogP contribution in [0.25, 0.3) is 0 Å². The first-order chi connectivity index (χ1) is 10.6. The summed E-state index contributed by atoms with van der Waals surface area (Å²) in [5.74, 6) is -8.76. The fourth-order valence-electron chi connectivity index (χ4n) is 1.18. The summed E-state index contributed by atoms with van der Waals surface area (Å²) in [6.07, 6.45) is -10.5. The topological polar surface area (TPSA) is 52.6 Å². The molecule has 1 unspecified atom stereocenters. The van der Waals surface area contributed by atoms with Gasteiger partial charge in [0.25, 0.3) is 0 Å². The number of hydrogen-bond donors (Lipinski definition) is 0. The third kappa shape index (κ3) is 5.01. The Hall–Kier alpha value is -2.52. The van der Waals surface area contributed by atoms with Crippen molar-refractivity contribution in [3.05, 3.63) is 42.5 Å². The van der Waals surface area contributed by atoms with Crippen LogP contribution >= 0.6 is 0 Å². The predicted octanol–water partition coefficient (Wildman–Crippen LogP) is 3.18. The molecule has 0 saturated heterocycles. The Morgan fingerprint density at radius 1 is 0.957 bits per heavy atom. The molecule has 0 aliphatic carbocycles. The maximum absolute atomic E-state index is 13.1. The van der Waals surface area contributed by atoms with E-state index in [2.05, 4.69) is 9.47 Å². The lowest BCUT2D eigenvalue weighted by Crippen LogP contribution is -2.50. The van der Waals surface area contributed by atoms with Crippen LogP contribution in [0.3, 0.4) is 0 Å². The van der Waals surface area contributed by atoms with Gasteiger partial charge in [0.05, 0.1) is 0 Å². The number of carbonyl (C=O) groups excluding carboxylic acids is 2. The van der Waals surface area contributed by atoms with E-state index in [0.717, 1.165) is 0 Å². The second-order valence-electron chi connectivity index (χ2n) is 3.93. The second kappa shape index (κ2) is 7.16. The van der Waals surface area contributed by atoms with E-state index >= 15 is 0 Å². The number of halogens is 6. The highest BCUT2D eigenvalue weighted by Crippen LogP contribution is 2.40. The standard InChI is InChI=1S/C13H8F6O4/c14-11(15)12(16,13(17,18)19)23-10(21)7-6-9(20)22-8-4-2-1-3-5-8/h1-7,11H. The smallest absolute Gasteiger partial charge is 0.423 e. The van der Waals surface area contributed by atoms with E-state index in [-0.39, 0.29) is 11.8 Å². The molecule has 10 heteroatoms. The molecular formula is C13H8F6O4. The van der Waals surface area contributed by atoms with Crippen molar-refractivity contribution >= 4 is 11.9 Å². The Morgan fingerprint density at radius 3 is 1.96 bits per heavy atom. The number of para-hydroxylation sites is 1. The highest BCUT2D eigenvalue weighted by Gasteiger charge is 2.66. The average molecular weight is 342 g/mol. The molecule has 23 heavy (non-hydrogen) atoms. The van der Waals surface area contributed by atoms with Crippen molar-refractivity contribution in [2.24, 2.45) is 0 Å². The molecule has 0 fully saturated rings. The third-order valence-corrected chi connectivity index (χ3v) is 2.23. The second-order valence-corrected chi connectivity index (χ2v) is 3.93. The highest BCUT2D eigenvalue weighted by molar-refractivity contribution is 5.92. The van der Waals surface area contributed by atoms with E-state index in [9.17, 15) is 35.9 Å². The maximum atomic E-state index is 13.1. The largest absolute Gasteiger partial charge is 0.466 e. The van der Waals surface area contributed by atoms with Gasteiger partial charge in [-0.05, 0) is 12.1 Å². The predicted molar refractivity (Wildman–Crippen MR) is 63.2 cm³/mol. The van der Waals surface area contributed by atoms with Gasteiger partial charge in [0.2, 0.25) is 0 Å². The fraction of sp³-hybridized carbons (Fsp3) is 0.231. The van der Waals surface area contributed by atoms with Crippen molar-refractivity contribution in [1.82, 2.24) is 0 Å². The Kier molecular flexibility index (Phi) is 5.77. The van der Waals surface area contributed by atoms with Gasteiger partial charge in [0, 0.05) is 12.2 Å². The lowest BCUT2D eigenvalue weighted by molar-refractivity contribution is -0.354. The minimum Gasteiger partial charge on any atom is -0.423 e. The van der Waals surface area contributed by atoms with Crippen LogP contribution in [-0.4, -0.2) is 30.4 Å². The number of ether oxygens (including phenoxy) is 2. The molecule has 4 nitrogen and oxygen atoms in total. The monoisotopic (exact) mass is 342 g/mol. The van der Waals surface area contributed by atoms with Gasteiger partial charge >= 0.3 is 30.4 Å². The first-order valence-electron chi connectivity index (χ1n) is 5.78. The minimum absolute atomic E-state index is 0.0354. The Morgan fingerprint density at radius 2 is 1.48 bits per heavy atom. The highest BCUT2D eigenvalue weighted by atomic mass is 19.4. The normalized spacial score (nSPS) is 14.6. The van der Waals surface area contributed by atoms with Crippen molar-refractivity contribution in [2.45, 2.75) is 18.5 Å². The van der Waals surface area contributed by atoms with E-state index in [1.165, 1.54) is 24.3 Å². The van der Waals surface area contributed by atoms with Gasteiger partial charge in [-0.15, -0.1) is 0 Å². The first-order valence-corrected chi connectivity index (χ1v) is 5.78. The van der Waals surface area contributed by atoms with Crippen LogP contribution in [0.15, 0.2) is 42.5 Å². The molecule has 0 amide bonds. The Labute approximate surface area is 125 Å². The third-order valence-electron chi connectivity index (χ3n) is 2.23. The van der Waals surface area contributed by atoms with Crippen LogP contribution in [0.1, 0.15) is 0 Å². The molecule has 0 heterocycles. The zero-order valence-corrected chi connectivity index (χ0v) is 11.0. The summed E-state index contributed by atoms with van der Waals surface area (Å²) in [7, 11) is 0. The zero-order valence-electron chi connectivity index (χ0n) is 11.0. The summed E-state index contributed by atoms with van der Waals surface area (Å²) in [5.41, 5.74) is 0. The number of rotatable bonds is 5. The number of benzene rings is 1. The van der Waals surface area contributed by atoms with Gasteiger partial charge in [-0.25, -0.2) is 18.4 Å². The maximum Gasteiger partial charge on any atom is 0.466 e. The molecule has 0 saturated carbocycles. The van der Waals surface area contributed by atoms with Gasteiger partial charge in [0.15, 0.2) is 0 Å². The number of esters is 2. The van der Waals surface area contributed by atoms with E-state index in [1.807, 2.05) is 0 Å². The first kappa shape index (κ1) is 18.5. The molecule has 0 aromatic heterocycles. The van der Waals surface area contributed by atoms with Crippen molar-refractivity contribution in [2.75, 3.05) is 0 Å². The molecule has 0 aliphatic heterocycles. The van der Waals surface area contributed by atoms with Gasteiger partial charge in [-0.2, -0.15) is 17.6 Å². The molecule has 0 N–H and O–H groups in total. The van der Waals surface area contributed by atoms with E-state index in [4.69, 9.17) is 0 Å². The summed E-state index contributed by atoms with van der Waals surface area (Å²) >= 11 is 0. The van der Waals surface area contributed by atoms with Gasteiger partial charge in [0.1, 0.15) is 5.75 Å². The van der Waals surface area contributed by atoms with Gasteiger partial charge < -0.3 is 9.47 Å². The molecule has 1 aromatic rings. The fourth-order valence-corrected chi connectivity index (χ4v) is 1.18. The average Bonchev–Trinajstić information content (AvgIpc) is 2.44. The zero-order chi connectivity index (χ0) is 17.7. The lowest BCUT2D eigenvalue weighted by atomic mass is 10.3. The molecule has 1 atom stereocenters. The SMILES string of the molecule is O=C(C=CC(=O)OC(F)(C(F)F)C(F)(F)F)Oc1ccccc1. The van der Waals surface area contributed by atoms with Crippen LogP contribution in [0, 0.1) is 0 Å². The molecule has 126 valence electrons. The summed E-state index contributed by atoms with van der Waals surface area (Å²) in [5, 5.41) is 0. The Balaban J connectivity index is 2.70. The molecular weight excluding hydrogens is 334 g/mol. The van der Waals surface area contributed by atoms with Crippen LogP contribution in [-0.2, 0) is 14.3 Å². The minimum atomic E-state index is -6.14. The van der Waals surface area contributed by atoms with Gasteiger partial charge in [-0.3, -0.25) is 0 Å². The van der Waals surface area contributed by atoms with Crippen molar-refractivity contribution in [3.8, 4) is 5.75 Å². The summed E-state index contributed by atoms with van der Waals surface area (Å²) in [4.78, 5) is 22.2. The summed E-state index contributed by atoms with van der Waals surface area (Å²) in [6.45, 7) is 0. The van der Waals surface area contributed by atoms with Crippen molar-refractivity contribution in [1.29, 1.82) is 0 Å². The summed E-state index contributed by atoms with van der Waals surface area (Å²) in [6, 6.07) is 7.33. The number of alkyl halides is 6. The summed E-state index contributed by atoms with van der Waals surface area (Å²) < 4.78 is 81.5. The molecule has 1 rings (SSSR count). The van der Waals surface area contributed by atoms with Crippen LogP contribution in [0.5, 0.6) is 5.75 Å². The quantitative estimate of drug-likeness (QED) is 0.357. The van der Waals surface area contributed by atoms with Crippen LogP contribution < -0.4 is 4.74 Å². The Bertz CT molecular complexity index is 584. The van der Waals surface area contributed by atoms with E-state index in [0.29, 0.717) is 6.08 Å². The number of carbonyl (C=O) groups is 2. The van der Waals surface area contributed by atoms with Gasteiger partial charge in [-0.1, -0.05) is 18.2 Å². The van der Waals surface area contributed by atoms with E-state index in [1.54, 1.807) is 6.07 Å². The van der Waals surface area contributed by atoms with Crippen molar-refractivity contribution < 1.29 is 45.4 Å². The molecule has 0 spiro atoms. The van der Waals surface area contributed by atoms with Crippen LogP contribution in [0.2, 0.25) is 0 Å².